The Morgan fingerprint density at radius 3 is 2.62 bits per heavy atom. The van der Waals surface area contributed by atoms with Crippen molar-refractivity contribution in [1.29, 1.82) is 0 Å². The van der Waals surface area contributed by atoms with Gasteiger partial charge in [0.25, 0.3) is 0 Å². The van der Waals surface area contributed by atoms with E-state index in [9.17, 15) is 9.18 Å². The first-order chi connectivity index (χ1) is 7.45. The number of hydrogen-bond acceptors (Lipinski definition) is 3. The number of carboxylic acids is 1. The van der Waals surface area contributed by atoms with Crippen LogP contribution in [0.2, 0.25) is 0 Å². The summed E-state index contributed by atoms with van der Waals surface area (Å²) >= 11 is 0. The molecule has 5 heteroatoms. The van der Waals surface area contributed by atoms with E-state index in [-0.39, 0.29) is 11.3 Å². The Hall–Kier alpha value is -1.62. The van der Waals surface area contributed by atoms with Gasteiger partial charge in [0.1, 0.15) is 17.0 Å². The molecule has 0 aliphatic heterocycles. The molecule has 1 rings (SSSR count). The van der Waals surface area contributed by atoms with Crippen LogP contribution in [0.25, 0.3) is 0 Å². The van der Waals surface area contributed by atoms with Crippen LogP contribution in [0.15, 0.2) is 18.2 Å². The summed E-state index contributed by atoms with van der Waals surface area (Å²) < 4.78 is 18.0. The minimum atomic E-state index is -1.58. The zero-order valence-electron chi connectivity index (χ0n) is 9.03. The molecule has 0 saturated carbocycles. The first-order valence-corrected chi connectivity index (χ1v) is 4.64. The van der Waals surface area contributed by atoms with Crippen LogP contribution in [0, 0.1) is 5.82 Å². The van der Waals surface area contributed by atoms with Crippen molar-refractivity contribution in [3.05, 3.63) is 29.6 Å². The molecule has 2 N–H and O–H groups in total. The second-order valence-electron chi connectivity index (χ2n) is 3.64. The lowest BCUT2D eigenvalue weighted by Gasteiger charge is -2.24. The van der Waals surface area contributed by atoms with Gasteiger partial charge in [-0.3, -0.25) is 4.79 Å². The summed E-state index contributed by atoms with van der Waals surface area (Å²) in [4.78, 5) is 11.1. The monoisotopic (exact) mass is 228 g/mol. The molecule has 0 amide bonds. The van der Waals surface area contributed by atoms with Gasteiger partial charge in [-0.05, 0) is 25.1 Å². The van der Waals surface area contributed by atoms with Crippen molar-refractivity contribution in [1.82, 2.24) is 0 Å². The topological polar surface area (TPSA) is 66.8 Å². The Morgan fingerprint density at radius 1 is 1.56 bits per heavy atom. The van der Waals surface area contributed by atoms with Crippen molar-refractivity contribution in [3.63, 3.8) is 0 Å². The van der Waals surface area contributed by atoms with Crippen molar-refractivity contribution in [2.24, 2.45) is 0 Å². The van der Waals surface area contributed by atoms with Gasteiger partial charge in [0.05, 0.1) is 13.7 Å². The summed E-state index contributed by atoms with van der Waals surface area (Å²) in [5.41, 5.74) is -1.46. The molecule has 0 radical (unpaired) electrons. The van der Waals surface area contributed by atoms with Gasteiger partial charge in [-0.2, -0.15) is 0 Å². The molecular formula is C11H13FO4. The highest BCUT2D eigenvalue weighted by Crippen LogP contribution is 2.32. The summed E-state index contributed by atoms with van der Waals surface area (Å²) in [7, 11) is 1.36. The summed E-state index contributed by atoms with van der Waals surface area (Å²) in [5.74, 6) is -1.57. The minimum absolute atomic E-state index is 0.116. The fourth-order valence-electron chi connectivity index (χ4n) is 1.38. The van der Waals surface area contributed by atoms with Crippen molar-refractivity contribution >= 4 is 5.97 Å². The fraction of sp³-hybridized carbons (Fsp3) is 0.364. The molecule has 0 bridgehead atoms. The van der Waals surface area contributed by atoms with Gasteiger partial charge in [-0.25, -0.2) is 4.39 Å². The average molecular weight is 228 g/mol. The number of methoxy groups -OCH3 is 1. The van der Waals surface area contributed by atoms with Crippen LogP contribution in [-0.4, -0.2) is 29.9 Å². The van der Waals surface area contributed by atoms with E-state index in [0.29, 0.717) is 0 Å². The van der Waals surface area contributed by atoms with E-state index in [1.807, 2.05) is 0 Å². The number of aliphatic hydroxyl groups is 1. The van der Waals surface area contributed by atoms with Gasteiger partial charge in [-0.1, -0.05) is 0 Å². The van der Waals surface area contributed by atoms with Crippen LogP contribution in [0.5, 0.6) is 5.75 Å². The number of benzene rings is 1. The van der Waals surface area contributed by atoms with Crippen LogP contribution >= 0.6 is 0 Å². The Labute approximate surface area is 92.3 Å². The number of aliphatic carboxylic acids is 1. The molecule has 0 fully saturated rings. The molecule has 16 heavy (non-hydrogen) atoms. The van der Waals surface area contributed by atoms with Crippen LogP contribution < -0.4 is 4.74 Å². The summed E-state index contributed by atoms with van der Waals surface area (Å²) in [6.45, 7) is 0.675. The quantitative estimate of drug-likeness (QED) is 0.811. The third-order valence-electron chi connectivity index (χ3n) is 2.54. The van der Waals surface area contributed by atoms with E-state index in [4.69, 9.17) is 14.9 Å². The maximum Gasteiger partial charge on any atom is 0.316 e. The average Bonchev–Trinajstić information content (AvgIpc) is 2.27. The highest BCUT2D eigenvalue weighted by atomic mass is 19.1. The maximum atomic E-state index is 13.1. The number of hydrogen-bond donors (Lipinski definition) is 2. The number of aliphatic hydroxyl groups excluding tert-OH is 1. The summed E-state index contributed by atoms with van der Waals surface area (Å²) in [6, 6.07) is 3.56. The van der Waals surface area contributed by atoms with Crippen molar-refractivity contribution in [2.75, 3.05) is 13.7 Å². The minimum Gasteiger partial charge on any atom is -0.496 e. The Bertz CT molecular complexity index is 405. The van der Waals surface area contributed by atoms with E-state index in [2.05, 4.69) is 0 Å². The number of rotatable bonds is 4. The van der Waals surface area contributed by atoms with Crippen LogP contribution in [0.3, 0.4) is 0 Å². The molecule has 0 heterocycles. The van der Waals surface area contributed by atoms with Gasteiger partial charge >= 0.3 is 5.97 Å². The lowest BCUT2D eigenvalue weighted by molar-refractivity contribution is -0.144. The molecule has 1 atom stereocenters. The second kappa shape index (κ2) is 4.49. The molecule has 88 valence electrons. The van der Waals surface area contributed by atoms with E-state index in [1.165, 1.54) is 26.2 Å². The number of ether oxygens (including phenoxy) is 1. The molecule has 0 aliphatic carbocycles. The lowest BCUT2D eigenvalue weighted by atomic mass is 9.82. The molecule has 0 aliphatic rings. The molecular weight excluding hydrogens is 215 g/mol. The van der Waals surface area contributed by atoms with Gasteiger partial charge in [0.15, 0.2) is 0 Å². The summed E-state index contributed by atoms with van der Waals surface area (Å²) in [5, 5.41) is 18.2. The van der Waals surface area contributed by atoms with E-state index >= 15 is 0 Å². The van der Waals surface area contributed by atoms with Gasteiger partial charge < -0.3 is 14.9 Å². The highest BCUT2D eigenvalue weighted by molar-refractivity contribution is 5.82. The van der Waals surface area contributed by atoms with Crippen LogP contribution in [-0.2, 0) is 10.2 Å². The third-order valence-corrected chi connectivity index (χ3v) is 2.54. The predicted molar refractivity (Wildman–Crippen MR) is 55.0 cm³/mol. The second-order valence-corrected chi connectivity index (χ2v) is 3.64. The maximum absolute atomic E-state index is 13.1. The number of halogens is 1. The predicted octanol–water partition coefficient (Wildman–Crippen LogP) is 1.17. The van der Waals surface area contributed by atoms with Crippen LogP contribution in [0.4, 0.5) is 4.39 Å². The molecule has 0 saturated heterocycles. The van der Waals surface area contributed by atoms with Gasteiger partial charge in [0, 0.05) is 5.56 Å². The number of carbonyl (C=O) groups is 1. The standard InChI is InChI=1S/C11H13FO4/c1-11(6-13,10(14)15)8-5-7(12)3-4-9(8)16-2/h3-5,13H,6H2,1-2H3,(H,14,15). The first-order valence-electron chi connectivity index (χ1n) is 4.64. The lowest BCUT2D eigenvalue weighted by Crippen LogP contribution is -2.36. The fourth-order valence-corrected chi connectivity index (χ4v) is 1.38. The molecule has 1 aromatic rings. The molecule has 1 aromatic carbocycles. The van der Waals surface area contributed by atoms with E-state index in [1.54, 1.807) is 0 Å². The van der Waals surface area contributed by atoms with Crippen molar-refractivity contribution in [3.8, 4) is 5.75 Å². The zero-order chi connectivity index (χ0) is 12.3. The third kappa shape index (κ3) is 1.99. The Morgan fingerprint density at radius 2 is 2.19 bits per heavy atom. The zero-order valence-corrected chi connectivity index (χ0v) is 9.03. The largest absolute Gasteiger partial charge is 0.496 e. The molecule has 1 unspecified atom stereocenters. The van der Waals surface area contributed by atoms with Crippen molar-refractivity contribution in [2.45, 2.75) is 12.3 Å². The van der Waals surface area contributed by atoms with Gasteiger partial charge in [-0.15, -0.1) is 0 Å². The first kappa shape index (κ1) is 12.4. The van der Waals surface area contributed by atoms with Gasteiger partial charge in [0.2, 0.25) is 0 Å². The number of carboxylic acid groups (broad SMARTS) is 1. The SMILES string of the molecule is COc1ccc(F)cc1C(C)(CO)C(=O)O. The van der Waals surface area contributed by atoms with Crippen molar-refractivity contribution < 1.29 is 24.1 Å². The Kier molecular flexibility index (Phi) is 3.49. The molecule has 4 nitrogen and oxygen atoms in total. The summed E-state index contributed by atoms with van der Waals surface area (Å²) in [6.07, 6.45) is 0. The van der Waals surface area contributed by atoms with E-state index in [0.717, 1.165) is 6.07 Å². The Balaban J connectivity index is 3.39. The van der Waals surface area contributed by atoms with Crippen LogP contribution in [0.1, 0.15) is 12.5 Å². The smallest absolute Gasteiger partial charge is 0.316 e. The van der Waals surface area contributed by atoms with E-state index < -0.39 is 23.8 Å². The highest BCUT2D eigenvalue weighted by Gasteiger charge is 2.37. The molecule has 0 spiro atoms. The normalized spacial score (nSPS) is 14.2. The molecule has 0 aromatic heterocycles.